The molecule has 46 heavy (non-hydrogen) atoms. The number of allylic oxidation sites excluding steroid dienone is 2. The third-order valence-electron chi connectivity index (χ3n) is 9.60. The van der Waals surface area contributed by atoms with Gasteiger partial charge in [0.05, 0.1) is 0 Å². The van der Waals surface area contributed by atoms with Crippen LogP contribution in [0, 0.1) is 0 Å². The number of halogens is 8. The average molecular weight is 765 g/mol. The van der Waals surface area contributed by atoms with Crippen LogP contribution in [0.1, 0.15) is 54.5 Å². The van der Waals surface area contributed by atoms with Crippen molar-refractivity contribution in [3.05, 3.63) is 129 Å². The number of rotatable bonds is 2. The van der Waals surface area contributed by atoms with E-state index >= 15 is 0 Å². The molecule has 3 aliphatic rings. The second-order valence-corrected chi connectivity index (χ2v) is 20.4. The topological polar surface area (TPSA) is 0 Å². The van der Waals surface area contributed by atoms with Crippen molar-refractivity contribution in [2.24, 2.45) is 0 Å². The van der Waals surface area contributed by atoms with E-state index in [0.29, 0.717) is 7.25 Å². The third kappa shape index (κ3) is 5.32. The summed E-state index contributed by atoms with van der Waals surface area (Å²) in [7, 11) is -2.46. The fourth-order valence-corrected chi connectivity index (χ4v) is 17.7. The summed E-state index contributed by atoms with van der Waals surface area (Å²) in [6, 6.07) is 23.6. The molecule has 1 heterocycles. The Kier molecular flexibility index (Phi) is 9.07. The number of benzene rings is 4. The Morgan fingerprint density at radius 1 is 0.543 bits per heavy atom. The van der Waals surface area contributed by atoms with Gasteiger partial charge in [0.15, 0.2) is 0 Å². The summed E-state index contributed by atoms with van der Waals surface area (Å²) in [6.07, 6.45) is -8.79. The van der Waals surface area contributed by atoms with E-state index in [1.165, 1.54) is 43.8 Å². The number of hydrogen-bond donors (Lipinski definition) is 0. The molecule has 4 aromatic rings. The van der Waals surface area contributed by atoms with Crippen molar-refractivity contribution < 1.29 is 74.4 Å². The van der Waals surface area contributed by atoms with Crippen LogP contribution in [0.15, 0.2) is 96.1 Å². The summed E-state index contributed by atoms with van der Waals surface area (Å²) >= 11 is -1.21. The molecule has 236 valence electrons. The molecule has 0 aromatic heterocycles. The van der Waals surface area contributed by atoms with E-state index in [9.17, 15) is 26.3 Å². The second kappa shape index (κ2) is 11.9. The molecule has 10 heteroatoms. The molecule has 0 radical (unpaired) electrons. The zero-order valence-corrected chi connectivity index (χ0v) is 30.2. The molecular weight excluding hydrogens is 737 g/mol. The number of alkyl halides is 6. The molecule has 2 atom stereocenters. The zero-order valence-electron chi connectivity index (χ0n) is 25.3. The smallest absolute Gasteiger partial charge is 1.00 e. The van der Waals surface area contributed by atoms with E-state index in [1.807, 2.05) is 24.3 Å². The molecule has 0 fully saturated rings. The minimum absolute atomic E-state index is 0. The van der Waals surface area contributed by atoms with Crippen molar-refractivity contribution in [2.45, 2.75) is 46.5 Å². The molecule has 4 bridgehead atoms. The van der Waals surface area contributed by atoms with Crippen molar-refractivity contribution in [1.82, 2.24) is 0 Å². The molecule has 0 spiro atoms. The van der Waals surface area contributed by atoms with Gasteiger partial charge >= 0.3 is 266 Å². The molecular formula is C36H28Cl2F6SiZr. The third-order valence-corrected chi connectivity index (χ3v) is 18.7. The predicted molar refractivity (Wildman–Crippen MR) is 162 cm³/mol. The van der Waals surface area contributed by atoms with Gasteiger partial charge in [-0.1, -0.05) is 0 Å². The standard InChI is InChI=1S/C36H28F6Si.2ClH.Zr/c1-21-19-25-7-5-9-29(23-11-15-27(16-12-23)35(37,38)39)31(25)33(21)43(3,4)34-22(2)20-26-8-6-10-30(32(26)34)24-13-17-28(18-14-24)36(40,41)42;;;/h5-20H,1-4H3;2*1H;/q;;;+2/p-2. The molecule has 0 N–H and O–H groups in total. The van der Waals surface area contributed by atoms with Gasteiger partial charge in [0.25, 0.3) is 0 Å². The minimum atomic E-state index is -4.40. The first-order valence-corrected chi connectivity index (χ1v) is 20.3. The molecule has 4 aromatic carbocycles. The van der Waals surface area contributed by atoms with Gasteiger partial charge in [-0.25, -0.2) is 0 Å². The molecule has 0 saturated heterocycles. The maximum Gasteiger partial charge on any atom is -1.00 e. The van der Waals surface area contributed by atoms with Crippen LogP contribution in [0.3, 0.4) is 0 Å². The molecule has 0 saturated carbocycles. The first-order valence-electron chi connectivity index (χ1n) is 14.5. The van der Waals surface area contributed by atoms with Gasteiger partial charge in [-0.05, 0) is 0 Å². The Morgan fingerprint density at radius 3 is 1.22 bits per heavy atom. The van der Waals surface area contributed by atoms with Gasteiger partial charge in [0.1, 0.15) is 0 Å². The van der Waals surface area contributed by atoms with Crippen LogP contribution >= 0.6 is 0 Å². The Morgan fingerprint density at radius 2 is 0.891 bits per heavy atom. The number of hydrogen-bond acceptors (Lipinski definition) is 0. The molecule has 7 rings (SSSR count). The SMILES string of the molecule is CC1=C2c3c(-c4ccc(C(F)(F)F)cc4)cccc3[CH]1[Zr+2][CH]1C(C)=C(c3c(-c4ccc(C(F)(F)F)cc4)cccc31)[Si]2(C)C.[Cl-].[Cl-]. The van der Waals surface area contributed by atoms with Crippen molar-refractivity contribution in [3.63, 3.8) is 0 Å². The van der Waals surface area contributed by atoms with Gasteiger partial charge in [-0.2, -0.15) is 0 Å². The number of fused-ring (bicyclic) bond motifs is 8. The van der Waals surface area contributed by atoms with Crippen molar-refractivity contribution >= 4 is 18.5 Å². The van der Waals surface area contributed by atoms with Crippen molar-refractivity contribution in [1.29, 1.82) is 0 Å². The Balaban J connectivity index is 0.00000208. The Labute approximate surface area is 289 Å². The fourth-order valence-electron chi connectivity index (χ4n) is 7.82. The summed E-state index contributed by atoms with van der Waals surface area (Å²) in [6.45, 7) is 9.25. The van der Waals surface area contributed by atoms with Crippen LogP contribution in [0.2, 0.25) is 13.1 Å². The monoisotopic (exact) mass is 762 g/mol. The normalized spacial score (nSPS) is 19.2. The van der Waals surface area contributed by atoms with E-state index in [0.717, 1.165) is 46.5 Å². The van der Waals surface area contributed by atoms with Crippen LogP contribution in [0.25, 0.3) is 32.6 Å². The van der Waals surface area contributed by atoms with Gasteiger partial charge in [0.2, 0.25) is 0 Å². The van der Waals surface area contributed by atoms with Crippen LogP contribution in [0.5, 0.6) is 0 Å². The second-order valence-electron chi connectivity index (χ2n) is 12.5. The molecule has 2 unspecified atom stereocenters. The van der Waals surface area contributed by atoms with E-state index in [1.54, 1.807) is 24.3 Å². The summed E-state index contributed by atoms with van der Waals surface area (Å²) in [4.78, 5) is 0. The van der Waals surface area contributed by atoms with E-state index < -0.39 is 54.8 Å². The molecule has 2 aliphatic carbocycles. The largest absolute Gasteiger partial charge is 1.00 e. The Bertz CT molecular complexity index is 1770. The van der Waals surface area contributed by atoms with Crippen LogP contribution in [-0.4, -0.2) is 8.07 Å². The van der Waals surface area contributed by atoms with E-state index in [4.69, 9.17) is 0 Å². The van der Waals surface area contributed by atoms with Crippen LogP contribution < -0.4 is 24.8 Å². The van der Waals surface area contributed by atoms with Crippen molar-refractivity contribution in [3.8, 4) is 22.3 Å². The first kappa shape index (κ1) is 34.9. The quantitative estimate of drug-likeness (QED) is 0.192. The van der Waals surface area contributed by atoms with Crippen LogP contribution in [-0.2, 0) is 35.6 Å². The summed E-state index contributed by atoms with van der Waals surface area (Å²) in [5.74, 6) is 0. The maximum atomic E-state index is 13.4. The molecule has 1 aliphatic heterocycles. The average Bonchev–Trinajstić information content (AvgIpc) is 3.44. The summed E-state index contributed by atoms with van der Waals surface area (Å²) in [5, 5.41) is 2.72. The van der Waals surface area contributed by atoms with E-state index in [2.05, 4.69) is 39.1 Å². The van der Waals surface area contributed by atoms with Gasteiger partial charge < -0.3 is 24.8 Å². The first-order chi connectivity index (χ1) is 20.7. The maximum absolute atomic E-state index is 13.4. The van der Waals surface area contributed by atoms with Gasteiger partial charge in [-0.15, -0.1) is 0 Å². The predicted octanol–water partition coefficient (Wildman–Crippen LogP) is 5.31. The summed E-state index contributed by atoms with van der Waals surface area (Å²) < 4.78 is 81.0. The van der Waals surface area contributed by atoms with Gasteiger partial charge in [0, 0.05) is 0 Å². The molecule has 0 amide bonds. The summed E-state index contributed by atoms with van der Waals surface area (Å²) in [5.41, 5.74) is 9.98. The van der Waals surface area contributed by atoms with E-state index in [-0.39, 0.29) is 24.8 Å². The minimum Gasteiger partial charge on any atom is -1.00 e. The fraction of sp³-hybridized carbons (Fsp3) is 0.222. The van der Waals surface area contributed by atoms with Crippen LogP contribution in [0.4, 0.5) is 26.3 Å². The van der Waals surface area contributed by atoms with Gasteiger partial charge in [-0.3, -0.25) is 0 Å². The zero-order chi connectivity index (χ0) is 31.3. The van der Waals surface area contributed by atoms with Crippen molar-refractivity contribution in [2.75, 3.05) is 0 Å². The Hall–Kier alpha value is -2.38. The molecule has 0 nitrogen and oxygen atoms in total.